The zero-order chi connectivity index (χ0) is 16.7. The number of hydrogen-bond acceptors (Lipinski definition) is 5. The number of nitrogens with zero attached hydrogens (tertiary/aromatic N) is 1. The maximum atomic E-state index is 12.2. The highest BCUT2D eigenvalue weighted by atomic mass is 16.7. The van der Waals surface area contributed by atoms with Crippen LogP contribution in [0.3, 0.4) is 0 Å². The minimum absolute atomic E-state index is 0.0486. The van der Waals surface area contributed by atoms with E-state index in [4.69, 9.17) is 9.57 Å². The Morgan fingerprint density at radius 3 is 2.57 bits per heavy atom. The highest BCUT2D eigenvalue weighted by Crippen LogP contribution is 2.22. The zero-order valence-corrected chi connectivity index (χ0v) is 13.0. The van der Waals surface area contributed by atoms with Gasteiger partial charge >= 0.3 is 0 Å². The molecule has 2 amide bonds. The standard InChI is InChI=1S/C17H19NO5/c1-2-3-7-10-22-15-14(11-19)16(20)18(17(15)21)23-12-13-8-5-4-6-9-13/h4-6,8-9,15H,2-3,7,10,12H2,1H3. The molecular weight excluding hydrogens is 298 g/mol. The molecule has 0 saturated carbocycles. The molecule has 0 aromatic heterocycles. The summed E-state index contributed by atoms with van der Waals surface area (Å²) in [6, 6.07) is 9.11. The molecule has 1 fully saturated rings. The lowest BCUT2D eigenvalue weighted by Crippen LogP contribution is -2.33. The lowest BCUT2D eigenvalue weighted by molar-refractivity contribution is -0.193. The fourth-order valence-corrected chi connectivity index (χ4v) is 2.19. The van der Waals surface area contributed by atoms with Crippen LogP contribution in [-0.2, 0) is 30.6 Å². The Hall–Kier alpha value is -2.27. The van der Waals surface area contributed by atoms with E-state index in [-0.39, 0.29) is 12.2 Å². The summed E-state index contributed by atoms with van der Waals surface area (Å²) in [6.07, 6.45) is 1.49. The van der Waals surface area contributed by atoms with E-state index in [2.05, 4.69) is 0 Å². The molecule has 1 aliphatic heterocycles. The van der Waals surface area contributed by atoms with Crippen LogP contribution in [-0.4, -0.2) is 35.5 Å². The second-order valence-electron chi connectivity index (χ2n) is 5.17. The number of carbonyl (C=O) groups is 2. The van der Waals surface area contributed by atoms with Crippen molar-refractivity contribution in [3.05, 3.63) is 41.5 Å². The van der Waals surface area contributed by atoms with Gasteiger partial charge in [0.25, 0.3) is 11.8 Å². The number of hydroxylamine groups is 2. The lowest BCUT2D eigenvalue weighted by Gasteiger charge is -2.14. The number of imide groups is 1. The summed E-state index contributed by atoms with van der Waals surface area (Å²) in [5.74, 6) is 0.0288. The van der Waals surface area contributed by atoms with E-state index in [0.717, 1.165) is 24.8 Å². The van der Waals surface area contributed by atoms with Crippen molar-refractivity contribution in [2.24, 2.45) is 0 Å². The molecule has 2 rings (SSSR count). The van der Waals surface area contributed by atoms with Gasteiger partial charge in [-0.25, -0.2) is 4.79 Å². The first-order valence-electron chi connectivity index (χ1n) is 7.60. The maximum absolute atomic E-state index is 12.2. The normalized spacial score (nSPS) is 17.7. The second kappa shape index (κ2) is 8.39. The van der Waals surface area contributed by atoms with Crippen molar-refractivity contribution in [1.29, 1.82) is 0 Å². The lowest BCUT2D eigenvalue weighted by atomic mass is 10.2. The Morgan fingerprint density at radius 1 is 1.17 bits per heavy atom. The van der Waals surface area contributed by atoms with Gasteiger partial charge in [0.15, 0.2) is 6.10 Å². The minimum atomic E-state index is -1.22. The Balaban J connectivity index is 1.99. The predicted octanol–water partition coefficient (Wildman–Crippen LogP) is 1.82. The molecule has 0 N–H and O–H groups in total. The van der Waals surface area contributed by atoms with Crippen LogP contribution < -0.4 is 0 Å². The third-order valence-corrected chi connectivity index (χ3v) is 3.45. The molecule has 1 aromatic rings. The SMILES string of the molecule is CCCCCOC1C(=O)N(OCc2ccccc2)C(=O)C1=C=O. The van der Waals surface area contributed by atoms with Crippen molar-refractivity contribution >= 4 is 17.8 Å². The van der Waals surface area contributed by atoms with Gasteiger partial charge in [0.2, 0.25) is 0 Å². The quantitative estimate of drug-likeness (QED) is 0.316. The molecule has 1 unspecified atom stereocenters. The summed E-state index contributed by atoms with van der Waals surface area (Å²) < 4.78 is 5.38. The van der Waals surface area contributed by atoms with Gasteiger partial charge in [0, 0.05) is 6.61 Å². The predicted molar refractivity (Wildman–Crippen MR) is 81.6 cm³/mol. The molecule has 1 aliphatic rings. The van der Waals surface area contributed by atoms with Gasteiger partial charge in [0.1, 0.15) is 18.1 Å². The molecule has 0 aliphatic carbocycles. The van der Waals surface area contributed by atoms with E-state index in [1.165, 1.54) is 5.94 Å². The molecule has 0 bridgehead atoms. The smallest absolute Gasteiger partial charge is 0.295 e. The maximum Gasteiger partial charge on any atom is 0.295 e. The monoisotopic (exact) mass is 317 g/mol. The molecule has 1 saturated heterocycles. The third-order valence-electron chi connectivity index (χ3n) is 3.45. The number of unbranched alkanes of at least 4 members (excludes halogenated alkanes) is 2. The van der Waals surface area contributed by atoms with Crippen LogP contribution in [0.4, 0.5) is 0 Å². The summed E-state index contributed by atoms with van der Waals surface area (Å²) in [5.41, 5.74) is 0.469. The van der Waals surface area contributed by atoms with Crippen LogP contribution in [0.2, 0.25) is 0 Å². The highest BCUT2D eigenvalue weighted by molar-refractivity contribution is 6.19. The number of amides is 2. The van der Waals surface area contributed by atoms with Gasteiger partial charge in [-0.15, -0.1) is 5.06 Å². The van der Waals surface area contributed by atoms with E-state index in [0.29, 0.717) is 11.7 Å². The molecule has 6 nitrogen and oxygen atoms in total. The number of benzene rings is 1. The topological polar surface area (TPSA) is 72.9 Å². The Bertz CT molecular complexity index is 607. The molecule has 1 heterocycles. The van der Waals surface area contributed by atoms with Crippen LogP contribution in [0.5, 0.6) is 0 Å². The van der Waals surface area contributed by atoms with Crippen LogP contribution in [0, 0.1) is 0 Å². The highest BCUT2D eigenvalue weighted by Gasteiger charge is 2.46. The van der Waals surface area contributed by atoms with Gasteiger partial charge in [-0.3, -0.25) is 14.4 Å². The van der Waals surface area contributed by atoms with E-state index in [1.807, 2.05) is 25.1 Å². The number of hydrogen-bond donors (Lipinski definition) is 0. The van der Waals surface area contributed by atoms with E-state index in [9.17, 15) is 14.4 Å². The Kier molecular flexibility index (Phi) is 6.23. The molecule has 6 heteroatoms. The summed E-state index contributed by atoms with van der Waals surface area (Å²) in [5, 5.41) is 0.595. The molecule has 23 heavy (non-hydrogen) atoms. The average molecular weight is 317 g/mol. The van der Waals surface area contributed by atoms with Crippen molar-refractivity contribution in [2.45, 2.75) is 38.9 Å². The van der Waals surface area contributed by atoms with Crippen LogP contribution >= 0.6 is 0 Å². The van der Waals surface area contributed by atoms with Crippen molar-refractivity contribution < 1.29 is 24.0 Å². The van der Waals surface area contributed by atoms with Crippen molar-refractivity contribution in [3.63, 3.8) is 0 Å². The molecular formula is C17H19NO5. The summed E-state index contributed by atoms with van der Waals surface area (Å²) >= 11 is 0. The third kappa shape index (κ3) is 4.13. The van der Waals surface area contributed by atoms with E-state index >= 15 is 0 Å². The number of carbonyl (C=O) groups excluding carboxylic acids is 3. The first-order chi connectivity index (χ1) is 11.2. The summed E-state index contributed by atoms with van der Waals surface area (Å²) in [6.45, 7) is 2.39. The average Bonchev–Trinajstić information content (AvgIpc) is 2.80. The van der Waals surface area contributed by atoms with Gasteiger partial charge < -0.3 is 4.74 Å². The van der Waals surface area contributed by atoms with Gasteiger partial charge in [-0.2, -0.15) is 0 Å². The molecule has 1 aromatic carbocycles. The van der Waals surface area contributed by atoms with Gasteiger partial charge in [0.05, 0.1) is 0 Å². The van der Waals surface area contributed by atoms with Crippen molar-refractivity contribution in [2.75, 3.05) is 6.61 Å². The minimum Gasteiger partial charge on any atom is -0.362 e. The van der Waals surface area contributed by atoms with Crippen LogP contribution in [0.15, 0.2) is 35.9 Å². The first kappa shape index (κ1) is 17.1. The largest absolute Gasteiger partial charge is 0.362 e. The van der Waals surface area contributed by atoms with E-state index in [1.54, 1.807) is 12.1 Å². The van der Waals surface area contributed by atoms with Crippen molar-refractivity contribution in [3.8, 4) is 0 Å². The van der Waals surface area contributed by atoms with Crippen LogP contribution in [0.25, 0.3) is 0 Å². The number of ether oxygens (including phenoxy) is 1. The molecule has 0 spiro atoms. The fourth-order valence-electron chi connectivity index (χ4n) is 2.19. The fraction of sp³-hybridized carbons (Fsp3) is 0.412. The molecule has 1 atom stereocenters. The Labute approximate surface area is 134 Å². The van der Waals surface area contributed by atoms with Gasteiger partial charge in [-0.05, 0) is 12.0 Å². The summed E-state index contributed by atoms with van der Waals surface area (Å²) in [4.78, 5) is 40.5. The zero-order valence-electron chi connectivity index (χ0n) is 13.0. The Morgan fingerprint density at radius 2 is 1.91 bits per heavy atom. The van der Waals surface area contributed by atoms with E-state index < -0.39 is 17.9 Å². The van der Waals surface area contributed by atoms with Crippen LogP contribution in [0.1, 0.15) is 31.7 Å². The number of rotatable bonds is 8. The van der Waals surface area contributed by atoms with Crippen molar-refractivity contribution in [1.82, 2.24) is 5.06 Å². The molecule has 122 valence electrons. The van der Waals surface area contributed by atoms with Gasteiger partial charge in [-0.1, -0.05) is 50.1 Å². The first-order valence-corrected chi connectivity index (χ1v) is 7.60. The second-order valence-corrected chi connectivity index (χ2v) is 5.17. The summed E-state index contributed by atoms with van der Waals surface area (Å²) in [7, 11) is 0. The molecule has 0 radical (unpaired) electrons.